The molecule has 5 heteroatoms. The highest BCUT2D eigenvalue weighted by Crippen LogP contribution is 2.16. The molecule has 0 amide bonds. The first-order valence-electron chi connectivity index (χ1n) is 7.13. The lowest BCUT2D eigenvalue weighted by molar-refractivity contribution is 0.119. The van der Waals surface area contributed by atoms with E-state index in [4.69, 9.17) is 9.47 Å². The van der Waals surface area contributed by atoms with Gasteiger partial charge in [0.05, 0.1) is 18.3 Å². The van der Waals surface area contributed by atoms with E-state index in [-0.39, 0.29) is 6.04 Å². The van der Waals surface area contributed by atoms with Crippen LogP contribution in [0.3, 0.4) is 0 Å². The second kappa shape index (κ2) is 8.93. The highest BCUT2D eigenvalue weighted by molar-refractivity contribution is 5.29. The van der Waals surface area contributed by atoms with E-state index < -0.39 is 0 Å². The summed E-state index contributed by atoms with van der Waals surface area (Å²) in [6.45, 7) is 12.1. The molecule has 1 heterocycles. The molecule has 0 saturated carbocycles. The van der Waals surface area contributed by atoms with Gasteiger partial charge >= 0.3 is 0 Å². The number of nitrogens with zero attached hydrogens (tertiary/aromatic N) is 2. The van der Waals surface area contributed by atoms with Gasteiger partial charge in [-0.05, 0) is 34.1 Å². The smallest absolute Gasteiger partial charge is 0.203 e. The minimum atomic E-state index is 0.288. The summed E-state index contributed by atoms with van der Waals surface area (Å²) in [6, 6.07) is 0.288. The molecule has 5 nitrogen and oxygen atoms in total. The van der Waals surface area contributed by atoms with Crippen LogP contribution in [0.5, 0.6) is 0 Å². The summed E-state index contributed by atoms with van der Waals surface area (Å²) >= 11 is 0. The van der Waals surface area contributed by atoms with Gasteiger partial charge in [0, 0.05) is 32.6 Å². The topological polar surface area (TPSA) is 48.3 Å². The van der Waals surface area contributed by atoms with Gasteiger partial charge in [-0.3, -0.25) is 0 Å². The molecule has 1 N–H and O–H groups in total. The molecule has 1 atom stereocenters. The first kappa shape index (κ1) is 16.0. The van der Waals surface area contributed by atoms with E-state index in [1.807, 2.05) is 20.8 Å². The Morgan fingerprint density at radius 1 is 1.32 bits per heavy atom. The molecular formula is C14H27N3O2. The number of nitrogens with one attached hydrogen (secondary N) is 1. The summed E-state index contributed by atoms with van der Waals surface area (Å²) in [5.74, 6) is 0.918. The van der Waals surface area contributed by atoms with Crippen molar-refractivity contribution in [3.63, 3.8) is 0 Å². The predicted octanol–water partition coefficient (Wildman–Crippen LogP) is 2.63. The van der Waals surface area contributed by atoms with Crippen LogP contribution < -0.4 is 5.32 Å². The largest absolute Gasteiger partial charge is 0.382 e. The Bertz CT molecular complexity index is 352. The molecule has 0 spiro atoms. The molecule has 0 aliphatic carbocycles. The maximum Gasteiger partial charge on any atom is 0.203 e. The standard InChI is InChI=1S/C14H27N3O2/c1-5-18-9-7-8-15-14-16-12(3)10-17(14)13(4)11-19-6-2/h10,13H,5-9,11H2,1-4H3,(H,15,16). The number of aryl methyl sites for hydroxylation is 1. The van der Waals surface area contributed by atoms with E-state index in [2.05, 4.69) is 28.0 Å². The highest BCUT2D eigenvalue weighted by atomic mass is 16.5. The summed E-state index contributed by atoms with van der Waals surface area (Å²) in [4.78, 5) is 4.51. The van der Waals surface area contributed by atoms with Crippen molar-refractivity contribution in [2.24, 2.45) is 0 Å². The quantitative estimate of drug-likeness (QED) is 0.663. The lowest BCUT2D eigenvalue weighted by Gasteiger charge is -2.16. The Balaban J connectivity index is 2.47. The fourth-order valence-corrected chi connectivity index (χ4v) is 1.87. The third-order valence-electron chi connectivity index (χ3n) is 2.84. The third kappa shape index (κ3) is 5.61. The molecule has 1 aromatic heterocycles. The molecule has 0 aliphatic heterocycles. The second-order valence-corrected chi connectivity index (χ2v) is 4.60. The number of aromatic nitrogens is 2. The number of imidazole rings is 1. The number of rotatable bonds is 10. The number of hydrogen-bond acceptors (Lipinski definition) is 4. The first-order chi connectivity index (χ1) is 9.19. The molecule has 0 fully saturated rings. The van der Waals surface area contributed by atoms with Crippen molar-refractivity contribution in [1.29, 1.82) is 0 Å². The van der Waals surface area contributed by atoms with E-state index in [0.717, 1.165) is 44.4 Å². The molecule has 0 aliphatic rings. The average molecular weight is 269 g/mol. The molecule has 0 bridgehead atoms. The SMILES string of the molecule is CCOCCCNc1nc(C)cn1C(C)COCC. The molecular weight excluding hydrogens is 242 g/mol. The molecule has 19 heavy (non-hydrogen) atoms. The number of anilines is 1. The third-order valence-corrected chi connectivity index (χ3v) is 2.84. The molecule has 1 aromatic rings. The minimum Gasteiger partial charge on any atom is -0.382 e. The number of hydrogen-bond donors (Lipinski definition) is 1. The van der Waals surface area contributed by atoms with Crippen LogP contribution in [0.15, 0.2) is 6.20 Å². The van der Waals surface area contributed by atoms with Gasteiger partial charge in [-0.1, -0.05) is 0 Å². The molecule has 0 aromatic carbocycles. The van der Waals surface area contributed by atoms with Crippen molar-refractivity contribution >= 4 is 5.95 Å². The Kier molecular flexibility index (Phi) is 7.52. The lowest BCUT2D eigenvalue weighted by Crippen LogP contribution is -2.16. The van der Waals surface area contributed by atoms with Crippen LogP contribution in [0.1, 0.15) is 38.9 Å². The van der Waals surface area contributed by atoms with E-state index >= 15 is 0 Å². The van der Waals surface area contributed by atoms with E-state index in [1.54, 1.807) is 0 Å². The fraction of sp³-hybridized carbons (Fsp3) is 0.786. The lowest BCUT2D eigenvalue weighted by atomic mass is 10.3. The average Bonchev–Trinajstić information content (AvgIpc) is 2.77. The van der Waals surface area contributed by atoms with Gasteiger partial charge in [-0.2, -0.15) is 0 Å². The number of ether oxygens (including phenoxy) is 2. The van der Waals surface area contributed by atoms with Gasteiger partial charge < -0.3 is 19.4 Å². The Labute approximate surface area is 116 Å². The maximum absolute atomic E-state index is 5.48. The zero-order chi connectivity index (χ0) is 14.1. The van der Waals surface area contributed by atoms with Crippen LogP contribution in [0.2, 0.25) is 0 Å². The maximum atomic E-state index is 5.48. The summed E-state index contributed by atoms with van der Waals surface area (Å²) in [5, 5.41) is 3.37. The highest BCUT2D eigenvalue weighted by Gasteiger charge is 2.11. The fourth-order valence-electron chi connectivity index (χ4n) is 1.87. The van der Waals surface area contributed by atoms with Crippen molar-refractivity contribution in [3.8, 4) is 0 Å². The van der Waals surface area contributed by atoms with Crippen molar-refractivity contribution in [3.05, 3.63) is 11.9 Å². The summed E-state index contributed by atoms with van der Waals surface area (Å²) in [5.41, 5.74) is 1.02. The molecule has 1 rings (SSSR count). The summed E-state index contributed by atoms with van der Waals surface area (Å²) in [6.07, 6.45) is 3.05. The van der Waals surface area contributed by atoms with Crippen LogP contribution >= 0.6 is 0 Å². The van der Waals surface area contributed by atoms with Gasteiger partial charge in [0.1, 0.15) is 0 Å². The minimum absolute atomic E-state index is 0.288. The Hall–Kier alpha value is -1.07. The van der Waals surface area contributed by atoms with E-state index in [0.29, 0.717) is 6.61 Å². The van der Waals surface area contributed by atoms with Gasteiger partial charge in [0.15, 0.2) is 0 Å². The van der Waals surface area contributed by atoms with Crippen LogP contribution in [-0.2, 0) is 9.47 Å². The summed E-state index contributed by atoms with van der Waals surface area (Å²) < 4.78 is 12.9. The molecule has 110 valence electrons. The van der Waals surface area contributed by atoms with Crippen LogP contribution in [0, 0.1) is 6.92 Å². The van der Waals surface area contributed by atoms with Crippen molar-refractivity contribution in [2.75, 3.05) is 38.3 Å². The second-order valence-electron chi connectivity index (χ2n) is 4.60. The molecule has 0 saturated heterocycles. The van der Waals surface area contributed by atoms with Gasteiger partial charge in [0.2, 0.25) is 5.95 Å². The Morgan fingerprint density at radius 3 is 2.74 bits per heavy atom. The van der Waals surface area contributed by atoms with Crippen LogP contribution in [0.25, 0.3) is 0 Å². The first-order valence-corrected chi connectivity index (χ1v) is 7.13. The summed E-state index contributed by atoms with van der Waals surface area (Å²) in [7, 11) is 0. The zero-order valence-corrected chi connectivity index (χ0v) is 12.6. The van der Waals surface area contributed by atoms with Crippen molar-refractivity contribution in [2.45, 2.75) is 40.2 Å². The van der Waals surface area contributed by atoms with Gasteiger partial charge in [-0.25, -0.2) is 4.98 Å². The monoisotopic (exact) mass is 269 g/mol. The Morgan fingerprint density at radius 2 is 2.05 bits per heavy atom. The predicted molar refractivity (Wildman–Crippen MR) is 77.8 cm³/mol. The van der Waals surface area contributed by atoms with E-state index in [9.17, 15) is 0 Å². The van der Waals surface area contributed by atoms with Gasteiger partial charge in [0.25, 0.3) is 0 Å². The van der Waals surface area contributed by atoms with Crippen LogP contribution in [-0.4, -0.2) is 42.5 Å². The molecule has 1 unspecified atom stereocenters. The van der Waals surface area contributed by atoms with Crippen LogP contribution in [0.4, 0.5) is 5.95 Å². The zero-order valence-electron chi connectivity index (χ0n) is 12.6. The normalized spacial score (nSPS) is 12.6. The van der Waals surface area contributed by atoms with Gasteiger partial charge in [-0.15, -0.1) is 0 Å². The van der Waals surface area contributed by atoms with Crippen molar-refractivity contribution in [1.82, 2.24) is 9.55 Å². The van der Waals surface area contributed by atoms with Crippen molar-refractivity contribution < 1.29 is 9.47 Å². The molecule has 0 radical (unpaired) electrons. The van der Waals surface area contributed by atoms with E-state index in [1.165, 1.54) is 0 Å².